The molecule has 16 heavy (non-hydrogen) atoms. The third kappa shape index (κ3) is 2.17. The highest BCUT2D eigenvalue weighted by Crippen LogP contribution is 2.21. The van der Waals surface area contributed by atoms with Crippen LogP contribution in [0.1, 0.15) is 19.7 Å². The zero-order chi connectivity index (χ0) is 11.8. The lowest BCUT2D eigenvalue weighted by Gasteiger charge is -2.25. The first-order valence-electron chi connectivity index (χ1n) is 5.36. The second-order valence-corrected chi connectivity index (χ2v) is 4.63. The average molecular weight is 219 g/mol. The summed E-state index contributed by atoms with van der Waals surface area (Å²) >= 11 is 0. The molecule has 1 heterocycles. The van der Waals surface area contributed by atoms with Gasteiger partial charge in [-0.2, -0.15) is 0 Å². The van der Waals surface area contributed by atoms with Gasteiger partial charge >= 0.3 is 0 Å². The molecule has 4 nitrogen and oxygen atoms in total. The molecular weight excluding hydrogens is 202 g/mol. The first-order chi connectivity index (χ1) is 7.50. The van der Waals surface area contributed by atoms with Gasteiger partial charge in [-0.25, -0.2) is 4.98 Å². The molecule has 0 amide bonds. The van der Waals surface area contributed by atoms with Crippen LogP contribution in [-0.2, 0) is 0 Å². The summed E-state index contributed by atoms with van der Waals surface area (Å²) in [7, 11) is 0. The number of nitrogens with two attached hydrogens (primary N) is 1. The van der Waals surface area contributed by atoms with Gasteiger partial charge in [0, 0.05) is 30.8 Å². The molecule has 4 heteroatoms. The predicted octanol–water partition coefficient (Wildman–Crippen LogP) is 2.29. The number of aryl methyl sites for hydroxylation is 1. The number of nitrogens with zero attached hydrogens (tertiary/aromatic N) is 1. The maximum absolute atomic E-state index is 5.67. The summed E-state index contributed by atoms with van der Waals surface area (Å²) < 4.78 is 5.47. The number of benzene rings is 1. The molecule has 86 valence electrons. The molecule has 0 fully saturated rings. The van der Waals surface area contributed by atoms with Gasteiger partial charge in [0.2, 0.25) is 0 Å². The number of fused-ring (bicyclic) bond motifs is 1. The van der Waals surface area contributed by atoms with E-state index < -0.39 is 0 Å². The Labute approximate surface area is 94.8 Å². The SMILES string of the molecule is Cc1nc2ccc(NC(C)(C)CN)cc2o1. The summed E-state index contributed by atoms with van der Waals surface area (Å²) in [4.78, 5) is 4.25. The molecule has 0 saturated heterocycles. The summed E-state index contributed by atoms with van der Waals surface area (Å²) in [5.41, 5.74) is 8.23. The van der Waals surface area contributed by atoms with Gasteiger partial charge in [0.1, 0.15) is 5.52 Å². The molecule has 2 rings (SSSR count). The van der Waals surface area contributed by atoms with E-state index in [-0.39, 0.29) is 5.54 Å². The average Bonchev–Trinajstić information content (AvgIpc) is 2.57. The number of hydrogen-bond acceptors (Lipinski definition) is 4. The maximum Gasteiger partial charge on any atom is 0.192 e. The number of anilines is 1. The fourth-order valence-electron chi connectivity index (χ4n) is 1.56. The quantitative estimate of drug-likeness (QED) is 0.831. The molecule has 0 spiro atoms. The molecular formula is C12H17N3O. The second-order valence-electron chi connectivity index (χ2n) is 4.63. The zero-order valence-corrected chi connectivity index (χ0v) is 9.87. The van der Waals surface area contributed by atoms with Crippen molar-refractivity contribution in [3.8, 4) is 0 Å². The van der Waals surface area contributed by atoms with E-state index in [0.29, 0.717) is 12.4 Å². The molecule has 0 atom stereocenters. The van der Waals surface area contributed by atoms with Crippen LogP contribution in [-0.4, -0.2) is 17.1 Å². The lowest BCUT2D eigenvalue weighted by Crippen LogP contribution is -2.39. The van der Waals surface area contributed by atoms with Gasteiger partial charge in [0.15, 0.2) is 11.5 Å². The van der Waals surface area contributed by atoms with Gasteiger partial charge in [-0.1, -0.05) is 0 Å². The van der Waals surface area contributed by atoms with Crippen LogP contribution in [0.15, 0.2) is 22.6 Å². The fourth-order valence-corrected chi connectivity index (χ4v) is 1.56. The molecule has 0 aliphatic rings. The van der Waals surface area contributed by atoms with Gasteiger partial charge in [-0.15, -0.1) is 0 Å². The number of rotatable bonds is 3. The topological polar surface area (TPSA) is 64.1 Å². The van der Waals surface area contributed by atoms with Gasteiger partial charge in [0.25, 0.3) is 0 Å². The number of aromatic nitrogens is 1. The summed E-state index contributed by atoms with van der Waals surface area (Å²) in [6, 6.07) is 5.88. The molecule has 0 bridgehead atoms. The molecule has 0 unspecified atom stereocenters. The molecule has 3 N–H and O–H groups in total. The molecule has 0 radical (unpaired) electrons. The van der Waals surface area contributed by atoms with Crippen LogP contribution in [0, 0.1) is 6.92 Å². The zero-order valence-electron chi connectivity index (χ0n) is 9.87. The van der Waals surface area contributed by atoms with Crippen molar-refractivity contribution in [2.75, 3.05) is 11.9 Å². The fraction of sp³-hybridized carbons (Fsp3) is 0.417. The van der Waals surface area contributed by atoms with Crippen LogP contribution in [0.5, 0.6) is 0 Å². The highest BCUT2D eigenvalue weighted by molar-refractivity contribution is 5.77. The van der Waals surface area contributed by atoms with Crippen molar-refractivity contribution in [1.29, 1.82) is 0 Å². The molecule has 0 aliphatic carbocycles. The predicted molar refractivity (Wildman–Crippen MR) is 65.5 cm³/mol. The lowest BCUT2D eigenvalue weighted by molar-refractivity contribution is 0.560. The first-order valence-corrected chi connectivity index (χ1v) is 5.36. The Morgan fingerprint density at radius 2 is 2.19 bits per heavy atom. The van der Waals surface area contributed by atoms with Crippen LogP contribution in [0.4, 0.5) is 5.69 Å². The number of nitrogens with one attached hydrogen (secondary N) is 1. The van der Waals surface area contributed by atoms with E-state index in [4.69, 9.17) is 10.2 Å². The van der Waals surface area contributed by atoms with Crippen molar-refractivity contribution < 1.29 is 4.42 Å². The standard InChI is InChI=1S/C12H17N3O/c1-8-14-10-5-4-9(6-11(10)16-8)15-12(2,3)7-13/h4-6,15H,7,13H2,1-3H3. The summed E-state index contributed by atoms with van der Waals surface area (Å²) in [5.74, 6) is 0.685. The van der Waals surface area contributed by atoms with E-state index in [1.54, 1.807) is 0 Å². The van der Waals surface area contributed by atoms with Crippen LogP contribution in [0.3, 0.4) is 0 Å². The van der Waals surface area contributed by atoms with E-state index in [1.165, 1.54) is 0 Å². The van der Waals surface area contributed by atoms with Gasteiger partial charge in [0.05, 0.1) is 0 Å². The number of oxazole rings is 1. The van der Waals surface area contributed by atoms with Crippen molar-refractivity contribution in [2.24, 2.45) is 5.73 Å². The Balaban J connectivity index is 2.32. The van der Waals surface area contributed by atoms with Crippen molar-refractivity contribution in [1.82, 2.24) is 4.98 Å². The molecule has 2 aromatic rings. The van der Waals surface area contributed by atoms with Crippen molar-refractivity contribution in [3.05, 3.63) is 24.1 Å². The molecule has 1 aromatic heterocycles. The largest absolute Gasteiger partial charge is 0.441 e. The van der Waals surface area contributed by atoms with Crippen molar-refractivity contribution >= 4 is 16.8 Å². The third-order valence-corrected chi connectivity index (χ3v) is 2.49. The molecule has 0 saturated carbocycles. The lowest BCUT2D eigenvalue weighted by atomic mass is 10.1. The first kappa shape index (κ1) is 11.0. The highest BCUT2D eigenvalue weighted by Gasteiger charge is 2.15. The van der Waals surface area contributed by atoms with E-state index in [2.05, 4.69) is 24.1 Å². The molecule has 0 aliphatic heterocycles. The van der Waals surface area contributed by atoms with Crippen molar-refractivity contribution in [3.63, 3.8) is 0 Å². The molecule has 1 aromatic carbocycles. The maximum atomic E-state index is 5.67. The second kappa shape index (κ2) is 3.79. The Kier molecular flexibility index (Phi) is 2.59. The van der Waals surface area contributed by atoms with Crippen molar-refractivity contribution in [2.45, 2.75) is 26.3 Å². The van der Waals surface area contributed by atoms with Crippen LogP contribution in [0.2, 0.25) is 0 Å². The Morgan fingerprint density at radius 3 is 2.88 bits per heavy atom. The van der Waals surface area contributed by atoms with E-state index in [1.807, 2.05) is 25.1 Å². The van der Waals surface area contributed by atoms with Crippen LogP contribution >= 0.6 is 0 Å². The van der Waals surface area contributed by atoms with Gasteiger partial charge in [-0.3, -0.25) is 0 Å². The monoisotopic (exact) mass is 219 g/mol. The normalized spacial score (nSPS) is 12.0. The Hall–Kier alpha value is -1.55. The van der Waals surface area contributed by atoms with E-state index >= 15 is 0 Å². The Bertz CT molecular complexity index is 502. The summed E-state index contributed by atoms with van der Waals surface area (Å²) in [5, 5.41) is 3.36. The van der Waals surface area contributed by atoms with E-state index in [9.17, 15) is 0 Å². The van der Waals surface area contributed by atoms with Crippen LogP contribution in [0.25, 0.3) is 11.1 Å². The minimum Gasteiger partial charge on any atom is -0.441 e. The van der Waals surface area contributed by atoms with Gasteiger partial charge < -0.3 is 15.5 Å². The third-order valence-electron chi connectivity index (χ3n) is 2.49. The Morgan fingerprint density at radius 1 is 1.44 bits per heavy atom. The van der Waals surface area contributed by atoms with Crippen LogP contribution < -0.4 is 11.1 Å². The summed E-state index contributed by atoms with van der Waals surface area (Å²) in [6.45, 7) is 6.53. The minimum atomic E-state index is -0.122. The minimum absolute atomic E-state index is 0.122. The smallest absolute Gasteiger partial charge is 0.192 e. The highest BCUT2D eigenvalue weighted by atomic mass is 16.3. The van der Waals surface area contributed by atoms with E-state index in [0.717, 1.165) is 16.8 Å². The number of hydrogen-bond donors (Lipinski definition) is 2. The summed E-state index contributed by atoms with van der Waals surface area (Å²) in [6.07, 6.45) is 0. The van der Waals surface area contributed by atoms with Gasteiger partial charge in [-0.05, 0) is 26.0 Å².